The fourth-order valence-electron chi connectivity index (χ4n) is 1.70. The summed E-state index contributed by atoms with van der Waals surface area (Å²) in [5, 5.41) is 0. The molecule has 1 nitrogen and oxygen atoms in total. The van der Waals surface area contributed by atoms with Gasteiger partial charge in [-0.1, -0.05) is 0 Å². The van der Waals surface area contributed by atoms with Gasteiger partial charge in [-0.3, -0.25) is 4.79 Å². The zero-order chi connectivity index (χ0) is 9.42. The fourth-order valence-corrected chi connectivity index (χ4v) is 2.65. The van der Waals surface area contributed by atoms with Gasteiger partial charge >= 0.3 is 0 Å². The van der Waals surface area contributed by atoms with Gasteiger partial charge in [0.05, 0.1) is 0 Å². The molecule has 0 spiro atoms. The van der Waals surface area contributed by atoms with E-state index in [1.165, 1.54) is 12.1 Å². The summed E-state index contributed by atoms with van der Waals surface area (Å²) in [6.07, 6.45) is 2.29. The van der Waals surface area contributed by atoms with Gasteiger partial charge in [0, 0.05) is 15.6 Å². The minimum Gasteiger partial charge on any atom is -0.294 e. The minimum absolute atomic E-state index is 0.158. The third-order valence-corrected chi connectivity index (χ3v) is 3.12. The van der Waals surface area contributed by atoms with Crippen LogP contribution in [0.15, 0.2) is 12.1 Å². The molecule has 0 N–H and O–H groups in total. The Kier molecular flexibility index (Phi) is 2.36. The van der Waals surface area contributed by atoms with Gasteiger partial charge in [0.15, 0.2) is 5.78 Å². The maximum absolute atomic E-state index is 13.0. The van der Waals surface area contributed by atoms with Gasteiger partial charge in [-0.2, -0.15) is 0 Å². The van der Waals surface area contributed by atoms with Crippen LogP contribution in [0.3, 0.4) is 0 Å². The van der Waals surface area contributed by atoms with E-state index in [0.29, 0.717) is 6.42 Å². The summed E-state index contributed by atoms with van der Waals surface area (Å²) in [6.45, 7) is 0. The Morgan fingerprint density at radius 2 is 2.08 bits per heavy atom. The Hall–Kier alpha value is -0.450. The first-order chi connectivity index (χ1) is 6.18. The van der Waals surface area contributed by atoms with Crippen LogP contribution in [0.1, 0.15) is 28.8 Å². The van der Waals surface area contributed by atoms with Crippen molar-refractivity contribution >= 4 is 28.4 Å². The minimum atomic E-state index is -0.238. The van der Waals surface area contributed by atoms with Crippen LogP contribution in [-0.2, 0) is 6.42 Å². The highest BCUT2D eigenvalue weighted by atomic mass is 127. The molecule has 3 heteroatoms. The van der Waals surface area contributed by atoms with Gasteiger partial charge in [0.2, 0.25) is 0 Å². The molecule has 68 valence electrons. The molecule has 1 aromatic rings. The van der Waals surface area contributed by atoms with Gasteiger partial charge in [-0.25, -0.2) is 4.39 Å². The van der Waals surface area contributed by atoms with E-state index in [4.69, 9.17) is 0 Å². The monoisotopic (exact) mass is 290 g/mol. The molecular formula is C10H8FIO. The first-order valence-electron chi connectivity index (χ1n) is 4.19. The van der Waals surface area contributed by atoms with Gasteiger partial charge in [-0.05, 0) is 53.1 Å². The topological polar surface area (TPSA) is 17.1 Å². The maximum Gasteiger partial charge on any atom is 0.164 e. The van der Waals surface area contributed by atoms with Crippen molar-refractivity contribution in [1.82, 2.24) is 0 Å². The second-order valence-corrected chi connectivity index (χ2v) is 4.36. The molecule has 0 bridgehead atoms. The number of rotatable bonds is 0. The second-order valence-electron chi connectivity index (χ2n) is 3.20. The molecule has 0 radical (unpaired) electrons. The summed E-state index contributed by atoms with van der Waals surface area (Å²) < 4.78 is 13.7. The number of benzene rings is 1. The molecule has 2 rings (SSSR count). The third kappa shape index (κ3) is 1.61. The number of hydrogen-bond acceptors (Lipinski definition) is 1. The predicted molar refractivity (Wildman–Crippen MR) is 56.4 cm³/mol. The van der Waals surface area contributed by atoms with Crippen molar-refractivity contribution in [1.29, 1.82) is 0 Å². The highest BCUT2D eigenvalue weighted by molar-refractivity contribution is 14.1. The Morgan fingerprint density at radius 1 is 1.31 bits per heavy atom. The quantitative estimate of drug-likeness (QED) is 0.671. The lowest BCUT2D eigenvalue weighted by Gasteiger charge is -2.15. The van der Waals surface area contributed by atoms with E-state index in [1.807, 2.05) is 22.6 Å². The lowest BCUT2D eigenvalue weighted by Crippen LogP contribution is -2.13. The third-order valence-electron chi connectivity index (χ3n) is 2.27. The van der Waals surface area contributed by atoms with Crippen LogP contribution in [0.25, 0.3) is 0 Å². The SMILES string of the molecule is O=C1CCCc2cc(F)cc(I)c21. The molecular weight excluding hydrogens is 282 g/mol. The first kappa shape index (κ1) is 9.12. The van der Waals surface area contributed by atoms with Crippen molar-refractivity contribution in [2.24, 2.45) is 0 Å². The van der Waals surface area contributed by atoms with E-state index >= 15 is 0 Å². The number of aryl methyl sites for hydroxylation is 1. The molecule has 0 atom stereocenters. The summed E-state index contributed by atoms with van der Waals surface area (Å²) in [7, 11) is 0. The van der Waals surface area contributed by atoms with Crippen LogP contribution < -0.4 is 0 Å². The average molecular weight is 290 g/mol. The number of Topliss-reactive ketones (excluding diaryl/α,β-unsaturated/α-hetero) is 1. The van der Waals surface area contributed by atoms with Gasteiger partial charge in [0.25, 0.3) is 0 Å². The van der Waals surface area contributed by atoms with E-state index in [9.17, 15) is 9.18 Å². The molecule has 0 aromatic heterocycles. The molecule has 0 unspecified atom stereocenters. The largest absolute Gasteiger partial charge is 0.294 e. The summed E-state index contributed by atoms with van der Waals surface area (Å²) in [6, 6.07) is 2.90. The summed E-state index contributed by atoms with van der Waals surface area (Å²) in [5.74, 6) is -0.0801. The van der Waals surface area contributed by atoms with E-state index in [-0.39, 0.29) is 11.6 Å². The van der Waals surface area contributed by atoms with Crippen LogP contribution in [0, 0.1) is 9.39 Å². The Labute approximate surface area is 89.5 Å². The van der Waals surface area contributed by atoms with Crippen molar-refractivity contribution in [2.75, 3.05) is 0 Å². The van der Waals surface area contributed by atoms with Crippen LogP contribution in [-0.4, -0.2) is 5.78 Å². The first-order valence-corrected chi connectivity index (χ1v) is 5.27. The van der Waals surface area contributed by atoms with E-state index in [2.05, 4.69) is 0 Å². The van der Waals surface area contributed by atoms with Crippen molar-refractivity contribution in [3.05, 3.63) is 32.6 Å². The number of carbonyl (C=O) groups excluding carboxylic acids is 1. The molecule has 1 aliphatic rings. The maximum atomic E-state index is 13.0. The zero-order valence-electron chi connectivity index (χ0n) is 6.94. The van der Waals surface area contributed by atoms with Crippen molar-refractivity contribution in [2.45, 2.75) is 19.3 Å². The molecule has 0 fully saturated rings. The Bertz CT molecular complexity index is 373. The second kappa shape index (κ2) is 3.36. The molecule has 0 heterocycles. The molecule has 0 amide bonds. The Balaban J connectivity index is 2.63. The Morgan fingerprint density at radius 3 is 2.85 bits per heavy atom. The lowest BCUT2D eigenvalue weighted by molar-refractivity contribution is 0.0971. The van der Waals surface area contributed by atoms with Crippen LogP contribution in [0.2, 0.25) is 0 Å². The molecule has 1 aliphatic carbocycles. The number of fused-ring (bicyclic) bond motifs is 1. The summed E-state index contributed by atoms with van der Waals surface area (Å²) in [4.78, 5) is 11.5. The number of carbonyl (C=O) groups is 1. The van der Waals surface area contributed by atoms with Crippen LogP contribution in [0.4, 0.5) is 4.39 Å². The van der Waals surface area contributed by atoms with E-state index in [1.54, 1.807) is 0 Å². The molecule has 0 saturated carbocycles. The smallest absolute Gasteiger partial charge is 0.164 e. The molecule has 1 aromatic carbocycles. The normalized spacial score (nSPS) is 15.7. The van der Waals surface area contributed by atoms with Crippen LogP contribution >= 0.6 is 22.6 Å². The van der Waals surface area contributed by atoms with Gasteiger partial charge in [-0.15, -0.1) is 0 Å². The number of halogens is 2. The molecule has 0 saturated heterocycles. The lowest BCUT2D eigenvalue weighted by atomic mass is 9.91. The molecule has 0 aliphatic heterocycles. The number of hydrogen-bond donors (Lipinski definition) is 0. The van der Waals surface area contributed by atoms with Gasteiger partial charge < -0.3 is 0 Å². The van der Waals surface area contributed by atoms with Crippen molar-refractivity contribution in [3.63, 3.8) is 0 Å². The molecule has 13 heavy (non-hydrogen) atoms. The highest BCUT2D eigenvalue weighted by Crippen LogP contribution is 2.26. The summed E-state index contributed by atoms with van der Waals surface area (Å²) in [5.41, 5.74) is 1.62. The van der Waals surface area contributed by atoms with Crippen molar-refractivity contribution in [3.8, 4) is 0 Å². The fraction of sp³-hybridized carbons (Fsp3) is 0.300. The van der Waals surface area contributed by atoms with Crippen molar-refractivity contribution < 1.29 is 9.18 Å². The predicted octanol–water partition coefficient (Wildman–Crippen LogP) is 2.95. The van der Waals surface area contributed by atoms with Crippen LogP contribution in [0.5, 0.6) is 0 Å². The average Bonchev–Trinajstić information content (AvgIpc) is 2.02. The number of ketones is 1. The standard InChI is InChI=1S/C10H8FIO/c11-7-4-6-2-1-3-9(13)10(6)8(12)5-7/h4-5H,1-3H2. The van der Waals surface area contributed by atoms with Gasteiger partial charge in [0.1, 0.15) is 5.82 Å². The highest BCUT2D eigenvalue weighted by Gasteiger charge is 2.20. The van der Waals surface area contributed by atoms with E-state index in [0.717, 1.165) is 27.5 Å². The van der Waals surface area contributed by atoms with E-state index < -0.39 is 0 Å². The zero-order valence-corrected chi connectivity index (χ0v) is 9.10. The summed E-state index contributed by atoms with van der Waals surface area (Å²) >= 11 is 2.02.